The van der Waals surface area contributed by atoms with E-state index in [-0.39, 0.29) is 23.6 Å². The molecule has 7 nitrogen and oxygen atoms in total. The van der Waals surface area contributed by atoms with Gasteiger partial charge in [-0.2, -0.15) is 0 Å². The van der Waals surface area contributed by atoms with E-state index in [4.69, 9.17) is 4.74 Å². The van der Waals surface area contributed by atoms with Gasteiger partial charge in [0.1, 0.15) is 0 Å². The maximum atomic E-state index is 12.9. The molecule has 0 radical (unpaired) electrons. The second-order valence-corrected chi connectivity index (χ2v) is 7.77. The first-order valence-corrected chi connectivity index (χ1v) is 10.5. The molecule has 1 heterocycles. The van der Waals surface area contributed by atoms with Crippen LogP contribution in [0.5, 0.6) is 0 Å². The summed E-state index contributed by atoms with van der Waals surface area (Å²) < 4.78 is 4.95. The third kappa shape index (κ3) is 6.15. The van der Waals surface area contributed by atoms with Crippen LogP contribution in [-0.4, -0.2) is 56.0 Å². The van der Waals surface area contributed by atoms with Gasteiger partial charge in [0.25, 0.3) is 11.8 Å². The van der Waals surface area contributed by atoms with Crippen LogP contribution in [0, 0.1) is 12.8 Å². The molecule has 0 aromatic heterocycles. The number of piperidine rings is 1. The zero-order valence-corrected chi connectivity index (χ0v) is 18.0. The Hall–Kier alpha value is -3.19. The molecule has 3 amide bonds. The second kappa shape index (κ2) is 10.7. The Morgan fingerprint density at radius 3 is 2.39 bits per heavy atom. The molecule has 0 spiro atoms. The van der Waals surface area contributed by atoms with Crippen LogP contribution in [0.4, 0.5) is 5.69 Å². The average molecular weight is 424 g/mol. The molecule has 3 rings (SSSR count). The van der Waals surface area contributed by atoms with Gasteiger partial charge in [-0.1, -0.05) is 17.7 Å². The lowest BCUT2D eigenvalue weighted by molar-refractivity contribution is -0.126. The monoisotopic (exact) mass is 423 g/mol. The van der Waals surface area contributed by atoms with Crippen LogP contribution in [-0.2, 0) is 9.53 Å². The van der Waals surface area contributed by atoms with Crippen LogP contribution in [0.15, 0.2) is 48.5 Å². The average Bonchev–Trinajstić information content (AvgIpc) is 2.79. The van der Waals surface area contributed by atoms with Gasteiger partial charge < -0.3 is 20.3 Å². The number of ether oxygens (including phenoxy) is 1. The summed E-state index contributed by atoms with van der Waals surface area (Å²) in [5.74, 6) is -0.547. The van der Waals surface area contributed by atoms with E-state index >= 15 is 0 Å². The number of carbonyl (C=O) groups is 3. The standard InChI is InChI=1S/C24H29N3O4/c1-17-5-7-18(8-6-17)23(29)26-21-11-9-19(10-12-21)24(30)27-14-3-4-20(16-27)22(28)25-13-15-31-2/h5-12,20H,3-4,13-16H2,1-2H3,(H,25,28)(H,26,29)/t20-/m1/s1. The Kier molecular flexibility index (Phi) is 7.78. The van der Waals surface area contributed by atoms with Crippen molar-refractivity contribution in [1.82, 2.24) is 10.2 Å². The molecule has 7 heteroatoms. The summed E-state index contributed by atoms with van der Waals surface area (Å²) in [6.45, 7) is 3.94. The number of hydrogen-bond acceptors (Lipinski definition) is 4. The van der Waals surface area contributed by atoms with E-state index in [0.29, 0.717) is 43.1 Å². The normalized spacial score (nSPS) is 15.9. The number of hydrogen-bond donors (Lipinski definition) is 2. The Labute approximate surface area is 182 Å². The van der Waals surface area contributed by atoms with Crippen molar-refractivity contribution < 1.29 is 19.1 Å². The zero-order chi connectivity index (χ0) is 22.2. The van der Waals surface area contributed by atoms with Crippen LogP contribution in [0.3, 0.4) is 0 Å². The van der Waals surface area contributed by atoms with Gasteiger partial charge in [0.05, 0.1) is 12.5 Å². The zero-order valence-electron chi connectivity index (χ0n) is 18.0. The van der Waals surface area contributed by atoms with E-state index in [1.165, 1.54) is 0 Å². The number of anilines is 1. The molecule has 2 N–H and O–H groups in total. The summed E-state index contributed by atoms with van der Waals surface area (Å²) >= 11 is 0. The van der Waals surface area contributed by atoms with Crippen molar-refractivity contribution in [3.8, 4) is 0 Å². The minimum absolute atomic E-state index is 0.0382. The van der Waals surface area contributed by atoms with Gasteiger partial charge in [0.2, 0.25) is 5.91 Å². The highest BCUT2D eigenvalue weighted by Crippen LogP contribution is 2.20. The van der Waals surface area contributed by atoms with E-state index in [1.807, 2.05) is 19.1 Å². The number of rotatable bonds is 7. The van der Waals surface area contributed by atoms with Crippen LogP contribution in [0.2, 0.25) is 0 Å². The first-order valence-electron chi connectivity index (χ1n) is 10.5. The molecule has 0 unspecified atom stereocenters. The molecule has 164 valence electrons. The molecule has 2 aromatic carbocycles. The van der Waals surface area contributed by atoms with Gasteiger partial charge in [-0.3, -0.25) is 14.4 Å². The van der Waals surface area contributed by atoms with E-state index in [9.17, 15) is 14.4 Å². The number of aryl methyl sites for hydroxylation is 1. The Balaban J connectivity index is 1.57. The highest BCUT2D eigenvalue weighted by molar-refractivity contribution is 6.04. The van der Waals surface area contributed by atoms with Crippen molar-refractivity contribution in [1.29, 1.82) is 0 Å². The lowest BCUT2D eigenvalue weighted by atomic mass is 9.96. The predicted octanol–water partition coefficient (Wildman–Crippen LogP) is 2.86. The lowest BCUT2D eigenvalue weighted by Crippen LogP contribution is -2.45. The summed E-state index contributed by atoms with van der Waals surface area (Å²) in [6.07, 6.45) is 1.56. The molecule has 31 heavy (non-hydrogen) atoms. The number of nitrogens with one attached hydrogen (secondary N) is 2. The van der Waals surface area contributed by atoms with Crippen molar-refractivity contribution in [2.75, 3.05) is 38.7 Å². The fraction of sp³-hybridized carbons (Fsp3) is 0.375. The molecular formula is C24H29N3O4. The summed E-state index contributed by atoms with van der Waals surface area (Å²) in [7, 11) is 1.59. The summed E-state index contributed by atoms with van der Waals surface area (Å²) in [5.41, 5.74) is 2.82. The van der Waals surface area contributed by atoms with Crippen molar-refractivity contribution in [2.24, 2.45) is 5.92 Å². The molecular weight excluding hydrogens is 394 g/mol. The first-order chi connectivity index (χ1) is 15.0. The first kappa shape index (κ1) is 22.5. The van der Waals surface area contributed by atoms with Gasteiger partial charge in [0, 0.05) is 43.6 Å². The number of benzene rings is 2. The smallest absolute Gasteiger partial charge is 0.255 e. The van der Waals surface area contributed by atoms with E-state index in [2.05, 4.69) is 10.6 Å². The molecule has 0 bridgehead atoms. The highest BCUT2D eigenvalue weighted by atomic mass is 16.5. The molecule has 2 aromatic rings. The fourth-order valence-corrected chi connectivity index (χ4v) is 3.58. The molecule has 1 atom stereocenters. The highest BCUT2D eigenvalue weighted by Gasteiger charge is 2.28. The number of nitrogens with zero attached hydrogens (tertiary/aromatic N) is 1. The molecule has 1 fully saturated rings. The van der Waals surface area contributed by atoms with Gasteiger partial charge in [-0.05, 0) is 56.2 Å². The van der Waals surface area contributed by atoms with E-state index in [0.717, 1.165) is 18.4 Å². The Bertz CT molecular complexity index is 909. The number of carbonyl (C=O) groups excluding carboxylic acids is 3. The summed E-state index contributed by atoms with van der Waals surface area (Å²) in [6, 6.07) is 14.2. The number of methoxy groups -OCH3 is 1. The Morgan fingerprint density at radius 2 is 1.71 bits per heavy atom. The number of likely N-dealkylation sites (tertiary alicyclic amines) is 1. The molecule has 0 saturated carbocycles. The van der Waals surface area contributed by atoms with E-state index in [1.54, 1.807) is 48.4 Å². The minimum atomic E-state index is -0.206. The molecule has 1 aliphatic heterocycles. The Morgan fingerprint density at radius 1 is 1.03 bits per heavy atom. The molecule has 1 saturated heterocycles. The van der Waals surface area contributed by atoms with Gasteiger partial charge >= 0.3 is 0 Å². The SMILES string of the molecule is COCCNC(=O)[C@@H]1CCCN(C(=O)c2ccc(NC(=O)c3ccc(C)cc3)cc2)C1. The third-order valence-corrected chi connectivity index (χ3v) is 5.39. The lowest BCUT2D eigenvalue weighted by Gasteiger charge is -2.32. The third-order valence-electron chi connectivity index (χ3n) is 5.39. The van der Waals surface area contributed by atoms with Crippen LogP contribution >= 0.6 is 0 Å². The van der Waals surface area contributed by atoms with E-state index < -0.39 is 0 Å². The van der Waals surface area contributed by atoms with Gasteiger partial charge in [-0.25, -0.2) is 0 Å². The van der Waals surface area contributed by atoms with Crippen LogP contribution in [0.1, 0.15) is 39.1 Å². The largest absolute Gasteiger partial charge is 0.383 e. The maximum Gasteiger partial charge on any atom is 0.255 e. The fourth-order valence-electron chi connectivity index (χ4n) is 3.58. The molecule has 1 aliphatic rings. The minimum Gasteiger partial charge on any atom is -0.383 e. The summed E-state index contributed by atoms with van der Waals surface area (Å²) in [4.78, 5) is 39.3. The van der Waals surface area contributed by atoms with Crippen molar-refractivity contribution >= 4 is 23.4 Å². The maximum absolute atomic E-state index is 12.9. The molecule has 0 aliphatic carbocycles. The number of amides is 3. The van der Waals surface area contributed by atoms with Crippen molar-refractivity contribution in [3.63, 3.8) is 0 Å². The second-order valence-electron chi connectivity index (χ2n) is 7.77. The topological polar surface area (TPSA) is 87.7 Å². The van der Waals surface area contributed by atoms with Crippen LogP contribution < -0.4 is 10.6 Å². The van der Waals surface area contributed by atoms with Gasteiger partial charge in [0.15, 0.2) is 0 Å². The van der Waals surface area contributed by atoms with Gasteiger partial charge in [-0.15, -0.1) is 0 Å². The van der Waals surface area contributed by atoms with Crippen molar-refractivity contribution in [3.05, 3.63) is 65.2 Å². The summed E-state index contributed by atoms with van der Waals surface area (Å²) in [5, 5.41) is 5.70. The van der Waals surface area contributed by atoms with Crippen molar-refractivity contribution in [2.45, 2.75) is 19.8 Å². The predicted molar refractivity (Wildman–Crippen MR) is 119 cm³/mol. The quantitative estimate of drug-likeness (QED) is 0.671. The van der Waals surface area contributed by atoms with Crippen LogP contribution in [0.25, 0.3) is 0 Å².